The van der Waals surface area contributed by atoms with Gasteiger partial charge in [0.25, 0.3) is 0 Å². The maximum absolute atomic E-state index is 12.0. The van der Waals surface area contributed by atoms with E-state index in [0.29, 0.717) is 15.7 Å². The quantitative estimate of drug-likeness (QED) is 0.588. The van der Waals surface area contributed by atoms with E-state index >= 15 is 0 Å². The van der Waals surface area contributed by atoms with Gasteiger partial charge in [-0.3, -0.25) is 0 Å². The van der Waals surface area contributed by atoms with Crippen LogP contribution in [0.2, 0.25) is 0 Å². The van der Waals surface area contributed by atoms with Gasteiger partial charge in [-0.2, -0.15) is 13.2 Å². The first-order valence-corrected chi connectivity index (χ1v) is 6.37. The molecule has 0 saturated heterocycles. The van der Waals surface area contributed by atoms with E-state index in [1.165, 1.54) is 7.11 Å². The summed E-state index contributed by atoms with van der Waals surface area (Å²) in [7, 11) is 1.53. The Balaban J connectivity index is 2.66. The third kappa shape index (κ3) is 5.12. The van der Waals surface area contributed by atoms with Gasteiger partial charge in [0.05, 0.1) is 13.2 Å². The van der Waals surface area contributed by atoms with E-state index in [4.69, 9.17) is 9.47 Å². The highest BCUT2D eigenvalue weighted by Gasteiger charge is 2.29. The summed E-state index contributed by atoms with van der Waals surface area (Å²) in [5.41, 5.74) is 0.712. The molecule has 0 spiro atoms. The van der Waals surface area contributed by atoms with Crippen molar-refractivity contribution in [1.82, 2.24) is 0 Å². The average molecular weight is 360 g/mol. The monoisotopic (exact) mass is 360 g/mol. The molecule has 0 bridgehead atoms. The van der Waals surface area contributed by atoms with Gasteiger partial charge < -0.3 is 9.47 Å². The van der Waals surface area contributed by atoms with E-state index in [1.54, 1.807) is 24.3 Å². The van der Waals surface area contributed by atoms with Crippen molar-refractivity contribution in [3.8, 4) is 5.75 Å². The number of benzene rings is 1. The van der Waals surface area contributed by atoms with Gasteiger partial charge in [0.2, 0.25) is 0 Å². The molecule has 0 amide bonds. The van der Waals surface area contributed by atoms with Crippen LogP contribution in [-0.4, -0.2) is 24.3 Å². The maximum Gasteiger partial charge on any atom is 0.411 e. The molecule has 2 nitrogen and oxygen atoms in total. The number of halogens is 4. The minimum atomic E-state index is -4.30. The number of alkyl halides is 4. The number of ether oxygens (including phenoxy) is 2. The van der Waals surface area contributed by atoms with Crippen LogP contribution in [0.4, 0.5) is 13.2 Å². The van der Waals surface area contributed by atoms with Crippen molar-refractivity contribution in [1.29, 1.82) is 0 Å². The lowest BCUT2D eigenvalue weighted by Gasteiger charge is -2.17. The number of rotatable bonds is 5. The third-order valence-electron chi connectivity index (χ3n) is 2.08. The molecule has 0 aromatic heterocycles. The summed E-state index contributed by atoms with van der Waals surface area (Å²) < 4.78 is 46.4. The third-order valence-corrected chi connectivity index (χ3v) is 2.88. The van der Waals surface area contributed by atoms with Crippen molar-refractivity contribution in [2.45, 2.75) is 12.3 Å². The van der Waals surface area contributed by atoms with E-state index in [-0.39, 0.29) is 0 Å². The molecule has 0 N–H and O–H groups in total. The normalized spacial score (nSPS) is 13.5. The van der Waals surface area contributed by atoms with Crippen LogP contribution in [0.25, 0.3) is 0 Å². The van der Waals surface area contributed by atoms with Crippen molar-refractivity contribution in [2.75, 3.05) is 18.1 Å². The summed E-state index contributed by atoms with van der Waals surface area (Å²) in [6, 6.07) is 6.81. The fourth-order valence-corrected chi connectivity index (χ4v) is 2.01. The molecule has 1 rings (SSSR count). The predicted molar refractivity (Wildman–Crippen MR) is 66.6 cm³/mol. The molecule has 0 aliphatic carbocycles. The van der Waals surface area contributed by atoms with Crippen LogP contribution in [-0.2, 0) is 4.74 Å². The largest absolute Gasteiger partial charge is 0.497 e. The Morgan fingerprint density at radius 3 is 2.24 bits per heavy atom. The van der Waals surface area contributed by atoms with Crippen LogP contribution < -0.4 is 4.74 Å². The lowest BCUT2D eigenvalue weighted by molar-refractivity contribution is -0.183. The fraction of sp³-hybridized carbons (Fsp3) is 0.455. The first kappa shape index (κ1) is 14.6. The Labute approximate surface area is 111 Å². The molecule has 1 aromatic carbocycles. The lowest BCUT2D eigenvalue weighted by atomic mass is 10.1. The second kappa shape index (κ2) is 6.44. The summed E-state index contributed by atoms with van der Waals surface area (Å²) in [5, 5.41) is 0. The Hall–Kier alpha value is -0.500. The molecule has 0 aliphatic heterocycles. The van der Waals surface area contributed by atoms with Crippen LogP contribution in [0.5, 0.6) is 5.75 Å². The average Bonchev–Trinajstić information content (AvgIpc) is 2.29. The Kier molecular flexibility index (Phi) is 5.51. The van der Waals surface area contributed by atoms with Gasteiger partial charge in [-0.05, 0) is 17.7 Å². The molecular weight excluding hydrogens is 348 g/mol. The molecular formula is C11H12F3IO2. The molecule has 0 saturated carbocycles. The van der Waals surface area contributed by atoms with Gasteiger partial charge >= 0.3 is 6.18 Å². The zero-order valence-electron chi connectivity index (χ0n) is 9.13. The highest BCUT2D eigenvalue weighted by molar-refractivity contribution is 14.1. The topological polar surface area (TPSA) is 18.5 Å². The summed E-state index contributed by atoms with van der Waals surface area (Å²) in [5.74, 6) is 0.664. The van der Waals surface area contributed by atoms with Gasteiger partial charge in [0.15, 0.2) is 0 Å². The SMILES string of the molecule is COc1ccc(C(CI)OCC(F)(F)F)cc1. The number of hydrogen-bond acceptors (Lipinski definition) is 2. The van der Waals surface area contributed by atoms with Crippen molar-refractivity contribution < 1.29 is 22.6 Å². The minimum Gasteiger partial charge on any atom is -0.497 e. The van der Waals surface area contributed by atoms with Gasteiger partial charge in [-0.1, -0.05) is 34.7 Å². The smallest absolute Gasteiger partial charge is 0.411 e. The molecule has 1 unspecified atom stereocenters. The minimum absolute atomic E-state index is 0.459. The molecule has 0 aliphatic rings. The first-order valence-electron chi connectivity index (χ1n) is 4.84. The first-order chi connectivity index (χ1) is 7.96. The molecule has 1 aromatic rings. The molecule has 17 heavy (non-hydrogen) atoms. The number of methoxy groups -OCH3 is 1. The molecule has 0 heterocycles. The fourth-order valence-electron chi connectivity index (χ4n) is 1.24. The summed E-state index contributed by atoms with van der Waals surface area (Å²) in [6.45, 7) is -1.23. The van der Waals surface area contributed by atoms with Crippen molar-refractivity contribution in [2.24, 2.45) is 0 Å². The van der Waals surface area contributed by atoms with Crippen LogP contribution in [0.3, 0.4) is 0 Å². The highest BCUT2D eigenvalue weighted by Crippen LogP contribution is 2.25. The Morgan fingerprint density at radius 1 is 1.24 bits per heavy atom. The van der Waals surface area contributed by atoms with Crippen LogP contribution in [0, 0.1) is 0 Å². The Bertz CT molecular complexity index is 338. The van der Waals surface area contributed by atoms with Crippen LogP contribution >= 0.6 is 22.6 Å². The van der Waals surface area contributed by atoms with E-state index in [0.717, 1.165) is 0 Å². The van der Waals surface area contributed by atoms with Crippen molar-refractivity contribution in [3.05, 3.63) is 29.8 Å². The second-order valence-electron chi connectivity index (χ2n) is 3.34. The Morgan fingerprint density at radius 2 is 1.82 bits per heavy atom. The van der Waals surface area contributed by atoms with Gasteiger partial charge in [0.1, 0.15) is 12.4 Å². The lowest BCUT2D eigenvalue weighted by Crippen LogP contribution is -2.20. The molecule has 0 radical (unpaired) electrons. The summed E-state index contributed by atoms with van der Waals surface area (Å²) in [4.78, 5) is 0. The standard InChI is InChI=1S/C11H12F3IO2/c1-16-9-4-2-8(3-5-9)10(6-15)17-7-11(12,13)14/h2-5,10H,6-7H2,1H3. The van der Waals surface area contributed by atoms with Crippen LogP contribution in [0.1, 0.15) is 11.7 Å². The van der Waals surface area contributed by atoms with E-state index in [2.05, 4.69) is 0 Å². The molecule has 0 fully saturated rings. The van der Waals surface area contributed by atoms with E-state index < -0.39 is 18.9 Å². The second-order valence-corrected chi connectivity index (χ2v) is 4.22. The van der Waals surface area contributed by atoms with Gasteiger partial charge in [-0.15, -0.1) is 0 Å². The van der Waals surface area contributed by atoms with E-state index in [9.17, 15) is 13.2 Å². The van der Waals surface area contributed by atoms with Crippen molar-refractivity contribution >= 4 is 22.6 Å². The maximum atomic E-state index is 12.0. The summed E-state index contributed by atoms with van der Waals surface area (Å²) >= 11 is 2.00. The molecule has 6 heteroatoms. The van der Waals surface area contributed by atoms with Crippen LogP contribution in [0.15, 0.2) is 24.3 Å². The van der Waals surface area contributed by atoms with E-state index in [1.807, 2.05) is 22.6 Å². The highest BCUT2D eigenvalue weighted by atomic mass is 127. The molecule has 96 valence electrons. The number of hydrogen-bond donors (Lipinski definition) is 0. The predicted octanol–water partition coefficient (Wildman–Crippen LogP) is 3.75. The molecule has 1 atom stereocenters. The zero-order valence-corrected chi connectivity index (χ0v) is 11.3. The van der Waals surface area contributed by atoms with Gasteiger partial charge in [0, 0.05) is 4.43 Å². The summed E-state index contributed by atoms with van der Waals surface area (Å²) in [6.07, 6.45) is -4.85. The van der Waals surface area contributed by atoms with Gasteiger partial charge in [-0.25, -0.2) is 0 Å². The zero-order chi connectivity index (χ0) is 12.9. The van der Waals surface area contributed by atoms with Crippen molar-refractivity contribution in [3.63, 3.8) is 0 Å².